The molecule has 4 rings (SSSR count). The first-order valence-electron chi connectivity index (χ1n) is 10.0. The summed E-state index contributed by atoms with van der Waals surface area (Å²) in [5, 5.41) is 10.6. The second kappa shape index (κ2) is 10.6. The average molecular weight is 560 g/mol. The highest BCUT2D eigenvalue weighted by atomic mass is 35.5. The number of ether oxygens (including phenoxy) is 1. The summed E-state index contributed by atoms with van der Waals surface area (Å²) in [6.45, 7) is 3.43. The van der Waals surface area contributed by atoms with Gasteiger partial charge in [-0.3, -0.25) is 4.31 Å². The van der Waals surface area contributed by atoms with Crippen molar-refractivity contribution < 1.29 is 40.6 Å². The Hall–Kier alpha value is -2.48. The molecule has 192 valence electrons. The lowest BCUT2D eigenvalue weighted by Gasteiger charge is -2.36. The van der Waals surface area contributed by atoms with Gasteiger partial charge in [-0.1, -0.05) is 23.2 Å². The van der Waals surface area contributed by atoms with E-state index in [2.05, 4.69) is 10.2 Å². The Labute approximate surface area is 208 Å². The van der Waals surface area contributed by atoms with Crippen LogP contribution >= 0.6 is 23.2 Å². The van der Waals surface area contributed by atoms with Crippen LogP contribution in [-0.4, -0.2) is 65.0 Å². The third-order valence-corrected chi connectivity index (χ3v) is 7.50. The van der Waals surface area contributed by atoms with Crippen LogP contribution in [-0.2, 0) is 14.8 Å². The van der Waals surface area contributed by atoms with Crippen molar-refractivity contribution in [3.05, 3.63) is 46.2 Å². The number of aliphatic carboxylic acids is 1. The number of nitrogens with zero attached hydrogens (tertiary/aromatic N) is 2. The predicted octanol–water partition coefficient (Wildman–Crippen LogP) is 3.76. The van der Waals surface area contributed by atoms with Gasteiger partial charge in [-0.15, -0.1) is 0 Å². The number of rotatable bonds is 3. The average Bonchev–Trinajstić information content (AvgIpc) is 2.78. The van der Waals surface area contributed by atoms with Gasteiger partial charge in [0.1, 0.15) is 17.3 Å². The van der Waals surface area contributed by atoms with E-state index >= 15 is 0 Å². The molecule has 15 heteroatoms. The molecule has 0 aromatic heterocycles. The molecule has 8 nitrogen and oxygen atoms in total. The van der Waals surface area contributed by atoms with E-state index in [0.717, 1.165) is 44.0 Å². The van der Waals surface area contributed by atoms with Crippen molar-refractivity contribution in [2.45, 2.75) is 11.1 Å². The van der Waals surface area contributed by atoms with Crippen LogP contribution in [0.3, 0.4) is 0 Å². The van der Waals surface area contributed by atoms with Crippen molar-refractivity contribution in [2.75, 3.05) is 48.5 Å². The van der Waals surface area contributed by atoms with Crippen molar-refractivity contribution in [3.8, 4) is 5.75 Å². The number of alkyl halides is 3. The third-order valence-electron chi connectivity index (χ3n) is 4.99. The molecule has 2 heterocycles. The number of nitrogens with one attached hydrogen (secondary N) is 1. The van der Waals surface area contributed by atoms with E-state index in [9.17, 15) is 26.0 Å². The second-order valence-electron chi connectivity index (χ2n) is 7.31. The largest absolute Gasteiger partial charge is 0.490 e. The Morgan fingerprint density at radius 2 is 1.66 bits per heavy atom. The number of anilines is 2. The van der Waals surface area contributed by atoms with Gasteiger partial charge < -0.3 is 20.1 Å². The fourth-order valence-corrected chi connectivity index (χ4v) is 5.60. The molecule has 2 N–H and O–H groups in total. The number of carboxylic acids is 1. The van der Waals surface area contributed by atoms with Gasteiger partial charge in [0.15, 0.2) is 5.75 Å². The summed E-state index contributed by atoms with van der Waals surface area (Å²) in [5.41, 5.74) is 1.11. The van der Waals surface area contributed by atoms with Crippen LogP contribution < -0.4 is 19.3 Å². The smallest absolute Gasteiger partial charge is 0.487 e. The monoisotopic (exact) mass is 559 g/mol. The number of carbonyl (C=O) groups is 1. The van der Waals surface area contributed by atoms with E-state index in [0.29, 0.717) is 16.5 Å². The van der Waals surface area contributed by atoms with E-state index in [-0.39, 0.29) is 23.1 Å². The maximum absolute atomic E-state index is 13.4. The number of hydrogen-bond donors (Lipinski definition) is 2. The van der Waals surface area contributed by atoms with Gasteiger partial charge in [-0.2, -0.15) is 13.2 Å². The summed E-state index contributed by atoms with van der Waals surface area (Å²) in [6.07, 6.45) is -5.08. The predicted molar refractivity (Wildman–Crippen MR) is 122 cm³/mol. The fraction of sp³-hybridized carbons (Fsp3) is 0.350. The van der Waals surface area contributed by atoms with Crippen LogP contribution in [0.2, 0.25) is 10.0 Å². The number of halogens is 6. The molecule has 0 aliphatic carbocycles. The zero-order chi connectivity index (χ0) is 26.0. The van der Waals surface area contributed by atoms with Gasteiger partial charge in [0, 0.05) is 31.2 Å². The molecule has 1 fully saturated rings. The number of carboxylic acid groups (broad SMARTS) is 1. The van der Waals surface area contributed by atoms with Crippen LogP contribution in [0.15, 0.2) is 35.2 Å². The molecule has 2 aromatic rings. The standard InChI is InChI=1S/C18H18Cl2FN3O3S.C2HF3O2/c19-12-9-15(23-5-3-22-4-6-23)18-16(10-12)24(7-8-27-18)28(25,26)17-2-1-13(21)11-14(17)20;3-2(4,5)1(6)7/h1-2,9-11,22H,3-8H2;(H,6,7). The maximum atomic E-state index is 13.4. The first kappa shape index (κ1) is 27.1. The minimum Gasteiger partial charge on any atom is -0.487 e. The second-order valence-corrected chi connectivity index (χ2v) is 9.99. The van der Waals surface area contributed by atoms with Gasteiger partial charge in [-0.25, -0.2) is 17.6 Å². The molecule has 0 saturated carbocycles. The highest BCUT2D eigenvalue weighted by Gasteiger charge is 2.38. The lowest BCUT2D eigenvalue weighted by molar-refractivity contribution is -0.192. The number of fused-ring (bicyclic) bond motifs is 1. The summed E-state index contributed by atoms with van der Waals surface area (Å²) >= 11 is 12.3. The zero-order valence-electron chi connectivity index (χ0n) is 17.8. The Balaban J connectivity index is 0.000000429. The molecule has 0 amide bonds. The molecule has 0 radical (unpaired) electrons. The van der Waals surface area contributed by atoms with Gasteiger partial charge >= 0.3 is 12.1 Å². The van der Waals surface area contributed by atoms with Crippen molar-refractivity contribution in [1.82, 2.24) is 5.32 Å². The molecule has 0 spiro atoms. The maximum Gasteiger partial charge on any atom is 0.490 e. The molecule has 2 aliphatic heterocycles. The van der Waals surface area contributed by atoms with E-state index in [4.69, 9.17) is 37.8 Å². The number of hydrogen-bond acceptors (Lipinski definition) is 6. The third kappa shape index (κ3) is 6.21. The van der Waals surface area contributed by atoms with Gasteiger partial charge in [-0.05, 0) is 30.3 Å². The Morgan fingerprint density at radius 3 is 2.23 bits per heavy atom. The first-order chi connectivity index (χ1) is 16.3. The van der Waals surface area contributed by atoms with Gasteiger partial charge in [0.05, 0.1) is 22.9 Å². The highest BCUT2D eigenvalue weighted by molar-refractivity contribution is 7.93. The molecule has 1 saturated heterocycles. The lowest BCUT2D eigenvalue weighted by Crippen LogP contribution is -2.44. The molecular weight excluding hydrogens is 541 g/mol. The highest BCUT2D eigenvalue weighted by Crippen LogP contribution is 2.45. The van der Waals surface area contributed by atoms with E-state index in [1.165, 1.54) is 10.4 Å². The van der Waals surface area contributed by atoms with Crippen LogP contribution in [0.4, 0.5) is 28.9 Å². The lowest BCUT2D eigenvalue weighted by atomic mass is 10.2. The Kier molecular flexibility index (Phi) is 8.25. The molecule has 35 heavy (non-hydrogen) atoms. The van der Waals surface area contributed by atoms with Crippen LogP contribution in [0.5, 0.6) is 5.75 Å². The van der Waals surface area contributed by atoms with Gasteiger partial charge in [0.2, 0.25) is 0 Å². The molecule has 2 aromatic carbocycles. The molecule has 0 unspecified atom stereocenters. The topological polar surface area (TPSA) is 99.2 Å². The quantitative estimate of drug-likeness (QED) is 0.552. The number of sulfonamides is 1. The normalized spacial score (nSPS) is 16.1. The SMILES string of the molecule is O=C(O)C(F)(F)F.O=S(=O)(c1ccc(F)cc1Cl)N1CCOc2c(N3CCNCC3)cc(Cl)cc21. The summed E-state index contributed by atoms with van der Waals surface area (Å²) < 4.78 is 78.8. The summed E-state index contributed by atoms with van der Waals surface area (Å²) in [7, 11) is -4.02. The van der Waals surface area contributed by atoms with Crippen molar-refractivity contribution in [1.29, 1.82) is 0 Å². The Bertz CT molecular complexity index is 1210. The zero-order valence-corrected chi connectivity index (χ0v) is 20.1. The molecule has 0 bridgehead atoms. The molecular formula is C20H19Cl2F4N3O5S. The minimum atomic E-state index is -5.08. The summed E-state index contributed by atoms with van der Waals surface area (Å²) in [6, 6.07) is 6.58. The molecule has 0 atom stereocenters. The summed E-state index contributed by atoms with van der Waals surface area (Å²) in [4.78, 5) is 10.8. The number of benzene rings is 2. The summed E-state index contributed by atoms with van der Waals surface area (Å²) in [5.74, 6) is -2.89. The Morgan fingerprint density at radius 1 is 1.06 bits per heavy atom. The van der Waals surface area contributed by atoms with Crippen LogP contribution in [0, 0.1) is 5.82 Å². The van der Waals surface area contributed by atoms with Crippen LogP contribution in [0.1, 0.15) is 0 Å². The first-order valence-corrected chi connectivity index (χ1v) is 12.2. The van der Waals surface area contributed by atoms with Gasteiger partial charge in [0.25, 0.3) is 10.0 Å². The van der Waals surface area contributed by atoms with Crippen molar-refractivity contribution in [2.24, 2.45) is 0 Å². The fourth-order valence-electron chi connectivity index (χ4n) is 3.44. The van der Waals surface area contributed by atoms with Crippen LogP contribution in [0.25, 0.3) is 0 Å². The van der Waals surface area contributed by atoms with E-state index < -0.39 is 28.0 Å². The van der Waals surface area contributed by atoms with Crippen molar-refractivity contribution >= 4 is 50.6 Å². The number of piperazine rings is 1. The van der Waals surface area contributed by atoms with E-state index in [1.807, 2.05) is 0 Å². The van der Waals surface area contributed by atoms with Crippen molar-refractivity contribution in [3.63, 3.8) is 0 Å². The molecule has 2 aliphatic rings. The van der Waals surface area contributed by atoms with E-state index in [1.54, 1.807) is 12.1 Å². The minimum absolute atomic E-state index is 0.102.